The molecule has 3 N–H and O–H groups in total. The molecule has 2 aromatic rings. The zero-order valence-corrected chi connectivity index (χ0v) is 14.1. The first-order chi connectivity index (χ1) is 11.7. The first kappa shape index (κ1) is 19.6. The average molecular weight is 397 g/mol. The minimum absolute atomic E-state index is 0.00679. The average Bonchev–Trinajstić information content (AvgIpc) is 3.01. The Kier molecular flexibility index (Phi) is 6.36. The fourth-order valence-corrected chi connectivity index (χ4v) is 3.17. The molecule has 0 radical (unpaired) electrons. The number of anilines is 1. The Morgan fingerprint density at radius 2 is 2.08 bits per heavy atom. The third kappa shape index (κ3) is 5.38. The number of hydrogen-bond acceptors (Lipinski definition) is 5. The summed E-state index contributed by atoms with van der Waals surface area (Å²) in [5.41, 5.74) is 4.19. The van der Waals surface area contributed by atoms with Crippen LogP contribution in [0.4, 0.5) is 27.6 Å². The van der Waals surface area contributed by atoms with Crippen molar-refractivity contribution in [2.24, 2.45) is 5.73 Å². The third-order valence-electron chi connectivity index (χ3n) is 2.88. The molecule has 0 saturated carbocycles. The highest BCUT2D eigenvalue weighted by molar-refractivity contribution is 7.99. The van der Waals surface area contributed by atoms with Crippen molar-refractivity contribution < 1.29 is 26.7 Å². The summed E-state index contributed by atoms with van der Waals surface area (Å²) in [6.07, 6.45) is -7.26. The van der Waals surface area contributed by atoms with Gasteiger partial charge in [0.2, 0.25) is 6.43 Å². The van der Waals surface area contributed by atoms with Crippen LogP contribution in [0, 0.1) is 0 Å². The van der Waals surface area contributed by atoms with Crippen LogP contribution in [0.15, 0.2) is 28.5 Å². The molecule has 0 saturated heterocycles. The third-order valence-corrected chi connectivity index (χ3v) is 4.84. The second-order valence-corrected chi connectivity index (χ2v) is 6.70. The van der Waals surface area contributed by atoms with Crippen LogP contribution in [0.1, 0.15) is 21.1 Å². The number of nitrogens with zero attached hydrogens (tertiary/aromatic N) is 1. The lowest BCUT2D eigenvalue weighted by molar-refractivity contribution is -0.137. The van der Waals surface area contributed by atoms with E-state index >= 15 is 0 Å². The maximum atomic E-state index is 12.9. The summed E-state index contributed by atoms with van der Waals surface area (Å²) in [6.45, 7) is 0.122. The van der Waals surface area contributed by atoms with Crippen molar-refractivity contribution in [3.63, 3.8) is 0 Å². The molecule has 1 aromatic heterocycles. The molecule has 11 heteroatoms. The van der Waals surface area contributed by atoms with Crippen molar-refractivity contribution >= 4 is 34.7 Å². The number of alkyl halides is 5. The van der Waals surface area contributed by atoms with Crippen molar-refractivity contribution in [3.05, 3.63) is 39.8 Å². The fourth-order valence-electron chi connectivity index (χ4n) is 1.78. The van der Waals surface area contributed by atoms with Gasteiger partial charge >= 0.3 is 6.18 Å². The molecular formula is C14H12F5N3OS2. The Morgan fingerprint density at radius 1 is 1.36 bits per heavy atom. The van der Waals surface area contributed by atoms with E-state index in [4.69, 9.17) is 5.73 Å². The molecule has 1 heterocycles. The van der Waals surface area contributed by atoms with E-state index in [1.54, 1.807) is 0 Å². The van der Waals surface area contributed by atoms with Gasteiger partial charge in [-0.25, -0.2) is 13.8 Å². The van der Waals surface area contributed by atoms with Crippen molar-refractivity contribution in [1.82, 2.24) is 4.98 Å². The molecule has 0 atom stereocenters. The van der Waals surface area contributed by atoms with Crippen LogP contribution in [-0.4, -0.2) is 23.1 Å². The molecule has 4 nitrogen and oxygen atoms in total. The second kappa shape index (κ2) is 8.11. The smallest absolute Gasteiger partial charge is 0.325 e. The number of carbonyl (C=O) groups is 1. The lowest BCUT2D eigenvalue weighted by Gasteiger charge is -2.14. The highest BCUT2D eigenvalue weighted by Crippen LogP contribution is 2.36. The van der Waals surface area contributed by atoms with Gasteiger partial charge in [-0.3, -0.25) is 4.79 Å². The van der Waals surface area contributed by atoms with Crippen LogP contribution < -0.4 is 11.1 Å². The summed E-state index contributed by atoms with van der Waals surface area (Å²) in [6, 6.07) is 2.54. The number of aromatic nitrogens is 1. The molecule has 0 spiro atoms. The normalized spacial score (nSPS) is 11.8. The molecule has 0 aliphatic carbocycles. The molecule has 0 bridgehead atoms. The predicted molar refractivity (Wildman–Crippen MR) is 86.1 cm³/mol. The Labute approximate surface area is 147 Å². The van der Waals surface area contributed by atoms with Crippen molar-refractivity contribution in [3.8, 4) is 0 Å². The Bertz CT molecular complexity index is 748. The first-order valence-electron chi connectivity index (χ1n) is 6.78. The quantitative estimate of drug-likeness (QED) is 0.566. The van der Waals surface area contributed by atoms with Gasteiger partial charge in [-0.2, -0.15) is 13.2 Å². The lowest BCUT2D eigenvalue weighted by atomic mass is 10.2. The van der Waals surface area contributed by atoms with Crippen LogP contribution in [0.25, 0.3) is 0 Å². The van der Waals surface area contributed by atoms with E-state index in [1.807, 2.05) is 0 Å². The first-order valence-corrected chi connectivity index (χ1v) is 8.65. The largest absolute Gasteiger partial charge is 0.416 e. The van der Waals surface area contributed by atoms with Crippen molar-refractivity contribution in [2.45, 2.75) is 24.0 Å². The SMILES string of the molecule is NCc1nc(C(=O)Nc2cc(C(F)(F)F)ccc2SCC(F)F)cs1. The number of thiazole rings is 1. The molecule has 0 aliphatic rings. The van der Waals surface area contributed by atoms with E-state index in [1.165, 1.54) is 5.38 Å². The molecule has 1 amide bonds. The maximum absolute atomic E-state index is 12.9. The number of thioether (sulfide) groups is 1. The van der Waals surface area contributed by atoms with E-state index in [0.29, 0.717) is 22.8 Å². The number of rotatable bonds is 6. The summed E-state index contributed by atoms with van der Waals surface area (Å²) in [5.74, 6) is -1.35. The van der Waals surface area contributed by atoms with Gasteiger partial charge < -0.3 is 11.1 Å². The fraction of sp³-hybridized carbons (Fsp3) is 0.286. The molecule has 0 unspecified atom stereocenters. The number of nitrogens with two attached hydrogens (primary N) is 1. The van der Waals surface area contributed by atoms with E-state index < -0.39 is 29.8 Å². The summed E-state index contributed by atoms with van der Waals surface area (Å²) >= 11 is 1.78. The number of halogens is 5. The van der Waals surface area contributed by atoms with Crippen molar-refractivity contribution in [2.75, 3.05) is 11.1 Å². The number of hydrogen-bond donors (Lipinski definition) is 2. The Morgan fingerprint density at radius 3 is 2.64 bits per heavy atom. The van der Waals surface area contributed by atoms with Gasteiger partial charge in [-0.05, 0) is 18.2 Å². The Hall–Kier alpha value is -1.72. The molecule has 0 fully saturated rings. The highest BCUT2D eigenvalue weighted by atomic mass is 32.2. The zero-order chi connectivity index (χ0) is 18.6. The molecule has 136 valence electrons. The van der Waals surface area contributed by atoms with Crippen LogP contribution in [-0.2, 0) is 12.7 Å². The summed E-state index contributed by atoms with van der Waals surface area (Å²) in [5, 5.41) is 4.20. The van der Waals surface area contributed by atoms with E-state index in [9.17, 15) is 26.7 Å². The molecule has 0 aliphatic heterocycles. The van der Waals surface area contributed by atoms with Crippen LogP contribution in [0.2, 0.25) is 0 Å². The van der Waals surface area contributed by atoms with Gasteiger partial charge in [-0.15, -0.1) is 23.1 Å². The van der Waals surface area contributed by atoms with Gasteiger partial charge in [0.05, 0.1) is 17.0 Å². The predicted octanol–water partition coefficient (Wildman–Crippen LogP) is 4.23. The van der Waals surface area contributed by atoms with Gasteiger partial charge in [0.1, 0.15) is 10.7 Å². The second-order valence-electron chi connectivity index (χ2n) is 4.70. The lowest BCUT2D eigenvalue weighted by Crippen LogP contribution is -2.15. The summed E-state index contributed by atoms with van der Waals surface area (Å²) in [7, 11) is 0. The van der Waals surface area contributed by atoms with Crippen molar-refractivity contribution in [1.29, 1.82) is 0 Å². The van der Waals surface area contributed by atoms with Crippen LogP contribution >= 0.6 is 23.1 Å². The highest BCUT2D eigenvalue weighted by Gasteiger charge is 2.31. The number of amides is 1. The van der Waals surface area contributed by atoms with Crippen LogP contribution in [0.3, 0.4) is 0 Å². The monoisotopic (exact) mass is 397 g/mol. The minimum Gasteiger partial charge on any atom is -0.325 e. The van der Waals surface area contributed by atoms with E-state index in [0.717, 1.165) is 23.5 Å². The standard InChI is InChI=1S/C14H12F5N3OS2/c15-11(16)6-24-10-2-1-7(14(17,18)19)3-8(10)22-13(23)9-5-25-12(4-20)21-9/h1-3,5,11H,4,6,20H2,(H,22,23). The van der Waals surface area contributed by atoms with E-state index in [-0.39, 0.29) is 22.8 Å². The number of carbonyl (C=O) groups excluding carboxylic acids is 1. The van der Waals surface area contributed by atoms with Gasteiger partial charge in [0.15, 0.2) is 0 Å². The van der Waals surface area contributed by atoms with Gasteiger partial charge in [-0.1, -0.05) is 0 Å². The summed E-state index contributed by atoms with van der Waals surface area (Å²) in [4.78, 5) is 16.2. The van der Waals surface area contributed by atoms with E-state index in [2.05, 4.69) is 10.3 Å². The minimum atomic E-state index is -4.63. The number of benzene rings is 1. The molecule has 2 rings (SSSR count). The van der Waals surface area contributed by atoms with Gasteiger partial charge in [0, 0.05) is 16.8 Å². The maximum Gasteiger partial charge on any atom is 0.416 e. The van der Waals surface area contributed by atoms with Gasteiger partial charge in [0.25, 0.3) is 5.91 Å². The summed E-state index contributed by atoms with van der Waals surface area (Å²) < 4.78 is 63.3. The molecular weight excluding hydrogens is 385 g/mol. The Balaban J connectivity index is 2.29. The topological polar surface area (TPSA) is 68.0 Å². The number of nitrogens with one attached hydrogen (secondary N) is 1. The zero-order valence-electron chi connectivity index (χ0n) is 12.4. The molecule has 1 aromatic carbocycles. The molecule has 25 heavy (non-hydrogen) atoms. The van der Waals surface area contributed by atoms with Crippen LogP contribution in [0.5, 0.6) is 0 Å².